The number of carboxylic acids is 1. The van der Waals surface area contributed by atoms with Crippen LogP contribution >= 0.6 is 0 Å². The maximum Gasteiger partial charge on any atom is 0.308 e. The van der Waals surface area contributed by atoms with Crippen LogP contribution in [0.15, 0.2) is 0 Å². The minimum Gasteiger partial charge on any atom is -0.481 e. The molecule has 3 heteroatoms. The summed E-state index contributed by atoms with van der Waals surface area (Å²) < 4.78 is 0. The first-order valence-electron chi connectivity index (χ1n) is 4.65. The number of aliphatic carboxylic acids is 1. The van der Waals surface area contributed by atoms with E-state index in [0.717, 1.165) is 19.5 Å². The van der Waals surface area contributed by atoms with Crippen LogP contribution in [0, 0.1) is 11.8 Å². The fourth-order valence-electron chi connectivity index (χ4n) is 2.54. The molecule has 0 amide bonds. The molecule has 0 aromatic carbocycles. The summed E-state index contributed by atoms with van der Waals surface area (Å²) in [6, 6.07) is 0.251. The Morgan fingerprint density at radius 1 is 1.58 bits per heavy atom. The Balaban J connectivity index is 2.12. The fraction of sp³-hybridized carbons (Fsp3) is 0.889. The van der Waals surface area contributed by atoms with Gasteiger partial charge in [-0.3, -0.25) is 9.69 Å². The van der Waals surface area contributed by atoms with Gasteiger partial charge in [0.15, 0.2) is 0 Å². The summed E-state index contributed by atoms with van der Waals surface area (Å²) in [5, 5.41) is 8.95. The summed E-state index contributed by atoms with van der Waals surface area (Å²) in [6.45, 7) is 4.28. The SMILES string of the molecule is CC1C(C(=O)O)CC2CCN1C2. The minimum atomic E-state index is -0.612. The van der Waals surface area contributed by atoms with Gasteiger partial charge in [0.1, 0.15) is 0 Å². The molecule has 0 aromatic heterocycles. The third kappa shape index (κ3) is 1.12. The second kappa shape index (κ2) is 2.73. The van der Waals surface area contributed by atoms with E-state index in [-0.39, 0.29) is 12.0 Å². The van der Waals surface area contributed by atoms with Crippen molar-refractivity contribution in [3.63, 3.8) is 0 Å². The molecule has 12 heavy (non-hydrogen) atoms. The molecule has 4 atom stereocenters. The molecule has 2 heterocycles. The van der Waals surface area contributed by atoms with Gasteiger partial charge in [0, 0.05) is 12.6 Å². The lowest BCUT2D eigenvalue weighted by Gasteiger charge is -2.34. The topological polar surface area (TPSA) is 40.5 Å². The molecule has 2 aliphatic heterocycles. The van der Waals surface area contributed by atoms with E-state index in [2.05, 4.69) is 4.90 Å². The van der Waals surface area contributed by atoms with Gasteiger partial charge in [-0.1, -0.05) is 0 Å². The lowest BCUT2D eigenvalue weighted by Crippen LogP contribution is -2.44. The molecule has 2 aliphatic rings. The highest BCUT2D eigenvalue weighted by Crippen LogP contribution is 2.34. The van der Waals surface area contributed by atoms with Crippen LogP contribution in [-0.2, 0) is 4.79 Å². The Hall–Kier alpha value is -0.570. The van der Waals surface area contributed by atoms with E-state index in [0.29, 0.717) is 5.92 Å². The molecule has 0 saturated carbocycles. The monoisotopic (exact) mass is 169 g/mol. The highest BCUT2D eigenvalue weighted by Gasteiger charge is 2.40. The Bertz CT molecular complexity index is 205. The zero-order chi connectivity index (χ0) is 8.72. The van der Waals surface area contributed by atoms with E-state index in [9.17, 15) is 4.79 Å². The predicted molar refractivity (Wildman–Crippen MR) is 44.9 cm³/mol. The van der Waals surface area contributed by atoms with Crippen LogP contribution in [0.25, 0.3) is 0 Å². The zero-order valence-electron chi connectivity index (χ0n) is 7.36. The van der Waals surface area contributed by atoms with Crippen LogP contribution in [-0.4, -0.2) is 35.1 Å². The molecular weight excluding hydrogens is 154 g/mol. The van der Waals surface area contributed by atoms with Crippen molar-refractivity contribution >= 4 is 5.97 Å². The summed E-state index contributed by atoms with van der Waals surface area (Å²) in [5.74, 6) is -0.0763. The lowest BCUT2D eigenvalue weighted by molar-refractivity contribution is -0.145. The van der Waals surface area contributed by atoms with E-state index in [1.165, 1.54) is 6.42 Å². The first kappa shape index (κ1) is 8.05. The smallest absolute Gasteiger partial charge is 0.308 e. The van der Waals surface area contributed by atoms with Crippen molar-refractivity contribution in [1.82, 2.24) is 4.90 Å². The number of carbonyl (C=O) groups is 1. The van der Waals surface area contributed by atoms with Gasteiger partial charge in [-0.25, -0.2) is 0 Å². The summed E-state index contributed by atoms with van der Waals surface area (Å²) in [7, 11) is 0. The standard InChI is InChI=1S/C9H15NO2/c1-6-8(9(11)12)4-7-2-3-10(6)5-7/h6-8H,2-5H2,1H3,(H,11,12). The van der Waals surface area contributed by atoms with Crippen molar-refractivity contribution in [2.75, 3.05) is 13.1 Å². The van der Waals surface area contributed by atoms with Gasteiger partial charge in [0.25, 0.3) is 0 Å². The highest BCUT2D eigenvalue weighted by molar-refractivity contribution is 5.71. The molecule has 0 radical (unpaired) electrons. The summed E-state index contributed by atoms with van der Waals surface area (Å²) in [6.07, 6.45) is 2.10. The molecule has 3 nitrogen and oxygen atoms in total. The predicted octanol–water partition coefficient (Wildman–Crippen LogP) is 0.801. The van der Waals surface area contributed by atoms with Crippen molar-refractivity contribution in [3.05, 3.63) is 0 Å². The third-order valence-electron chi connectivity index (χ3n) is 3.38. The van der Waals surface area contributed by atoms with E-state index >= 15 is 0 Å². The van der Waals surface area contributed by atoms with E-state index in [1.807, 2.05) is 6.92 Å². The maximum absolute atomic E-state index is 10.9. The third-order valence-corrected chi connectivity index (χ3v) is 3.38. The van der Waals surface area contributed by atoms with Crippen LogP contribution in [0.3, 0.4) is 0 Å². The summed E-state index contributed by atoms with van der Waals surface area (Å²) >= 11 is 0. The van der Waals surface area contributed by atoms with Gasteiger partial charge >= 0.3 is 5.97 Å². The average molecular weight is 169 g/mol. The van der Waals surface area contributed by atoms with Crippen LogP contribution in [0.5, 0.6) is 0 Å². The van der Waals surface area contributed by atoms with E-state index in [1.54, 1.807) is 0 Å². The second-order valence-corrected chi connectivity index (χ2v) is 4.07. The minimum absolute atomic E-state index is 0.119. The van der Waals surface area contributed by atoms with Gasteiger partial charge in [-0.15, -0.1) is 0 Å². The van der Waals surface area contributed by atoms with Gasteiger partial charge in [0.05, 0.1) is 5.92 Å². The second-order valence-electron chi connectivity index (χ2n) is 4.07. The Morgan fingerprint density at radius 2 is 2.33 bits per heavy atom. The van der Waals surface area contributed by atoms with Crippen LogP contribution in [0.1, 0.15) is 19.8 Å². The number of rotatable bonds is 1. The molecule has 2 rings (SSSR count). The van der Waals surface area contributed by atoms with Crippen molar-refractivity contribution < 1.29 is 9.90 Å². The number of piperidine rings is 1. The lowest BCUT2D eigenvalue weighted by atomic mass is 9.86. The largest absolute Gasteiger partial charge is 0.481 e. The van der Waals surface area contributed by atoms with Crippen molar-refractivity contribution in [1.29, 1.82) is 0 Å². The molecule has 2 fully saturated rings. The zero-order valence-corrected chi connectivity index (χ0v) is 7.36. The highest BCUT2D eigenvalue weighted by atomic mass is 16.4. The van der Waals surface area contributed by atoms with Gasteiger partial charge in [0.2, 0.25) is 0 Å². The van der Waals surface area contributed by atoms with Crippen LogP contribution in [0.4, 0.5) is 0 Å². The summed E-state index contributed by atoms with van der Waals surface area (Å²) in [5.41, 5.74) is 0. The number of nitrogens with zero attached hydrogens (tertiary/aromatic N) is 1. The molecule has 2 saturated heterocycles. The molecule has 2 bridgehead atoms. The fourth-order valence-corrected chi connectivity index (χ4v) is 2.54. The summed E-state index contributed by atoms with van der Waals surface area (Å²) in [4.78, 5) is 13.2. The van der Waals surface area contributed by atoms with Gasteiger partial charge in [-0.2, -0.15) is 0 Å². The average Bonchev–Trinajstić information content (AvgIpc) is 2.41. The first-order valence-corrected chi connectivity index (χ1v) is 4.65. The Kier molecular flexibility index (Phi) is 1.83. The molecule has 4 unspecified atom stereocenters. The molecule has 68 valence electrons. The van der Waals surface area contributed by atoms with Crippen LogP contribution in [0.2, 0.25) is 0 Å². The molecular formula is C9H15NO2. The molecule has 1 N–H and O–H groups in total. The van der Waals surface area contributed by atoms with Gasteiger partial charge in [-0.05, 0) is 32.2 Å². The number of hydrogen-bond acceptors (Lipinski definition) is 2. The maximum atomic E-state index is 10.9. The normalized spacial score (nSPS) is 46.1. The quantitative estimate of drug-likeness (QED) is 0.631. The molecule has 0 spiro atoms. The molecule has 0 aliphatic carbocycles. The number of hydrogen-bond donors (Lipinski definition) is 1. The van der Waals surface area contributed by atoms with Crippen molar-refractivity contribution in [2.24, 2.45) is 11.8 Å². The van der Waals surface area contributed by atoms with E-state index < -0.39 is 5.97 Å². The molecule has 0 aromatic rings. The first-order chi connectivity index (χ1) is 5.68. The number of carboxylic acid groups (broad SMARTS) is 1. The van der Waals surface area contributed by atoms with Crippen molar-refractivity contribution in [2.45, 2.75) is 25.8 Å². The Morgan fingerprint density at radius 3 is 3.00 bits per heavy atom. The number of fused-ring (bicyclic) bond motifs is 2. The van der Waals surface area contributed by atoms with Crippen LogP contribution < -0.4 is 0 Å². The van der Waals surface area contributed by atoms with E-state index in [4.69, 9.17) is 5.11 Å². The van der Waals surface area contributed by atoms with Gasteiger partial charge < -0.3 is 5.11 Å². The van der Waals surface area contributed by atoms with Crippen molar-refractivity contribution in [3.8, 4) is 0 Å². The Labute approximate surface area is 72.4 Å².